The van der Waals surface area contributed by atoms with Crippen molar-refractivity contribution in [1.29, 1.82) is 0 Å². The zero-order valence-electron chi connectivity index (χ0n) is 28.3. The Balaban J connectivity index is 2.18. The van der Waals surface area contributed by atoms with E-state index in [9.17, 15) is 13.2 Å². The summed E-state index contributed by atoms with van der Waals surface area (Å²) in [5.74, 6) is -67.5. The van der Waals surface area contributed by atoms with Crippen LogP contribution in [0.25, 0.3) is 0 Å². The van der Waals surface area contributed by atoms with Gasteiger partial charge in [-0.25, -0.2) is 87.8 Å². The van der Waals surface area contributed by atoms with Crippen LogP contribution in [-0.4, -0.2) is 11.8 Å². The Morgan fingerprint density at radius 2 is 0.576 bits per heavy atom. The van der Waals surface area contributed by atoms with E-state index in [1.807, 2.05) is 0 Å². The Kier molecular flexibility index (Phi) is 10.8. The topological polar surface area (TPSA) is 0 Å². The Morgan fingerprint density at radius 1 is 0.322 bits per heavy atom. The van der Waals surface area contributed by atoms with Gasteiger partial charge in [-0.3, -0.25) is 0 Å². The fourth-order valence-electron chi connectivity index (χ4n) is 8.05. The van der Waals surface area contributed by atoms with E-state index in [4.69, 9.17) is 0 Å². The molecule has 21 heteroatoms. The average molecular weight is 861 g/mol. The molecule has 5 aromatic carbocycles. The van der Waals surface area contributed by atoms with E-state index in [2.05, 4.69) is 0 Å². The lowest BCUT2D eigenvalue weighted by atomic mass is 9.03. The molecule has 0 radical (unpaired) electrons. The highest BCUT2D eigenvalue weighted by molar-refractivity contribution is 7.14. The lowest BCUT2D eigenvalue weighted by Crippen LogP contribution is -2.83. The largest absolute Gasteiger partial charge is 0.238 e. The highest BCUT2D eigenvalue weighted by Gasteiger charge is 2.72. The fourth-order valence-corrected chi connectivity index (χ4v) is 8.05. The summed E-state index contributed by atoms with van der Waals surface area (Å²) in [6.45, 7) is 0. The summed E-state index contributed by atoms with van der Waals surface area (Å²) >= 11 is 0. The fraction of sp³-hybridized carbons (Fsp3) is 0.105. The van der Waals surface area contributed by atoms with Crippen LogP contribution in [0.4, 0.5) is 87.8 Å². The minimum Gasteiger partial charge on any atom is -0.238 e. The molecule has 0 bridgehead atoms. The quantitative estimate of drug-likeness (QED) is 0.0631. The van der Waals surface area contributed by atoms with Gasteiger partial charge in [0.25, 0.3) is 0 Å². The third-order valence-electron chi connectivity index (χ3n) is 10.4. The molecule has 0 saturated heterocycles. The highest BCUT2D eigenvalue weighted by Crippen LogP contribution is 2.66. The van der Waals surface area contributed by atoms with Crippen LogP contribution in [-0.2, 0) is 12.8 Å². The van der Waals surface area contributed by atoms with Gasteiger partial charge in [0.15, 0.2) is 75.5 Å². The Labute approximate surface area is 316 Å². The van der Waals surface area contributed by atoms with Crippen LogP contribution in [0.1, 0.15) is 11.1 Å². The standard InChI is InChI=1S/C38H14BF20/c40-18-15(19(41)25(47)30(52)24(18)46)39(16-20(42)26(48)31(53)27(49)21(16)43,17-22(44)28(50)32(54)29(51)23(17)45)37(11-13-7-3-1-4-8-13)35(57)33(55)34(56)36(58)38(37,59)12-14-9-5-2-6-10-14/h1-10H,11-12H2/q-1. The first kappa shape index (κ1) is 42.8. The molecule has 6 rings (SSSR count). The zero-order valence-corrected chi connectivity index (χ0v) is 28.3. The van der Waals surface area contributed by atoms with Crippen molar-refractivity contribution in [2.24, 2.45) is 0 Å². The second-order valence-electron chi connectivity index (χ2n) is 13.2. The molecular formula is C38H14BF20-. The molecule has 0 aromatic heterocycles. The molecule has 0 N–H and O–H groups in total. The Morgan fingerprint density at radius 3 is 0.881 bits per heavy atom. The molecule has 1 aliphatic rings. The van der Waals surface area contributed by atoms with Crippen LogP contribution in [0.5, 0.6) is 0 Å². The first-order valence-corrected chi connectivity index (χ1v) is 16.2. The summed E-state index contributed by atoms with van der Waals surface area (Å²) < 4.78 is 322. The summed E-state index contributed by atoms with van der Waals surface area (Å²) in [5, 5.41) is -5.57. The predicted octanol–water partition coefficient (Wildman–Crippen LogP) is 10.5. The van der Waals surface area contributed by atoms with Gasteiger partial charge in [0.2, 0.25) is 0 Å². The summed E-state index contributed by atoms with van der Waals surface area (Å²) in [4.78, 5) is 0. The van der Waals surface area contributed by atoms with Crippen LogP contribution in [0.2, 0.25) is 5.31 Å². The predicted molar refractivity (Wildman–Crippen MR) is 169 cm³/mol. The number of allylic oxidation sites excluding steroid dienone is 4. The summed E-state index contributed by atoms with van der Waals surface area (Å²) in [6, 6.07) is 8.11. The van der Waals surface area contributed by atoms with E-state index in [-0.39, 0.29) is 0 Å². The van der Waals surface area contributed by atoms with Crippen LogP contribution < -0.4 is 16.4 Å². The SMILES string of the molecule is FC1=C(F)C(F)(Cc2ccccc2)C(Cc2ccccc2)([B-](c2c(F)c(F)c(F)c(F)c2F)(c2c(F)c(F)c(F)c(F)c2F)c2c(F)c(F)c(F)c(F)c2F)C(F)=C1F. The number of benzene rings is 5. The van der Waals surface area contributed by atoms with Gasteiger partial charge < -0.3 is 0 Å². The van der Waals surface area contributed by atoms with Gasteiger partial charge in [-0.15, -0.1) is 16.4 Å². The van der Waals surface area contributed by atoms with Crippen molar-refractivity contribution in [2.45, 2.75) is 23.8 Å². The van der Waals surface area contributed by atoms with Crippen molar-refractivity contribution >= 4 is 22.5 Å². The number of hydrogen-bond donors (Lipinski definition) is 0. The van der Waals surface area contributed by atoms with Crippen molar-refractivity contribution in [3.8, 4) is 0 Å². The number of rotatable bonds is 8. The van der Waals surface area contributed by atoms with Crippen LogP contribution in [0.15, 0.2) is 84.0 Å². The summed E-state index contributed by atoms with van der Waals surface area (Å²) in [5.41, 5.74) is -18.1. The molecule has 0 saturated carbocycles. The zero-order chi connectivity index (χ0) is 43.8. The second kappa shape index (κ2) is 14.8. The molecule has 0 amide bonds. The van der Waals surface area contributed by atoms with Gasteiger partial charge in [0.1, 0.15) is 46.9 Å². The van der Waals surface area contributed by atoms with Gasteiger partial charge in [0.05, 0.1) is 0 Å². The summed E-state index contributed by atoms with van der Waals surface area (Å²) in [6.07, 6.45) is -12.3. The van der Waals surface area contributed by atoms with E-state index in [0.717, 1.165) is 36.4 Å². The summed E-state index contributed by atoms with van der Waals surface area (Å²) in [7, 11) is 0. The van der Waals surface area contributed by atoms with E-state index in [1.165, 1.54) is 0 Å². The Hall–Kier alpha value is -5.76. The smallest absolute Gasteiger partial charge is 0.200 e. The van der Waals surface area contributed by atoms with Gasteiger partial charge in [0, 0.05) is 6.42 Å². The van der Waals surface area contributed by atoms with Gasteiger partial charge >= 0.3 is 0 Å². The molecule has 310 valence electrons. The van der Waals surface area contributed by atoms with Crippen molar-refractivity contribution in [1.82, 2.24) is 0 Å². The lowest BCUT2D eigenvalue weighted by Gasteiger charge is -2.63. The average Bonchev–Trinajstić information content (AvgIpc) is 3.22. The molecule has 2 atom stereocenters. The molecular weight excluding hydrogens is 847 g/mol. The third-order valence-corrected chi connectivity index (χ3v) is 10.4. The van der Waals surface area contributed by atoms with E-state index < -0.39 is 168 Å². The van der Waals surface area contributed by atoms with Crippen LogP contribution in [0, 0.1) is 87.3 Å². The molecule has 59 heavy (non-hydrogen) atoms. The molecule has 0 nitrogen and oxygen atoms in total. The molecule has 0 heterocycles. The maximum Gasteiger partial charge on any atom is 0.200 e. The number of alkyl halides is 1. The molecule has 5 aromatic rings. The van der Waals surface area contributed by atoms with Crippen molar-refractivity contribution in [2.75, 3.05) is 0 Å². The number of hydrogen-bond acceptors (Lipinski definition) is 0. The van der Waals surface area contributed by atoms with Gasteiger partial charge in [-0.05, 0) is 17.3 Å². The van der Waals surface area contributed by atoms with Gasteiger partial charge in [-0.1, -0.05) is 66.2 Å². The van der Waals surface area contributed by atoms with Crippen molar-refractivity contribution in [3.05, 3.63) is 182 Å². The minimum atomic E-state index is -7.49. The number of halogens is 20. The van der Waals surface area contributed by atoms with Crippen molar-refractivity contribution < 1.29 is 87.8 Å². The third kappa shape index (κ3) is 5.69. The maximum absolute atomic E-state index is 18.9. The lowest BCUT2D eigenvalue weighted by molar-refractivity contribution is 0.0908. The van der Waals surface area contributed by atoms with E-state index >= 15 is 74.6 Å². The van der Waals surface area contributed by atoms with Crippen molar-refractivity contribution in [3.63, 3.8) is 0 Å². The monoisotopic (exact) mass is 861 g/mol. The highest BCUT2D eigenvalue weighted by atomic mass is 19.2. The minimum absolute atomic E-state index is 0.568. The van der Waals surface area contributed by atoms with Gasteiger partial charge in [-0.2, -0.15) is 0 Å². The Bertz CT molecular complexity index is 2370. The maximum atomic E-state index is 18.9. The first-order valence-electron chi connectivity index (χ1n) is 16.2. The molecule has 0 aliphatic heterocycles. The van der Waals surface area contributed by atoms with E-state index in [0.29, 0.717) is 24.3 Å². The molecule has 2 unspecified atom stereocenters. The normalized spacial score (nSPS) is 18.6. The van der Waals surface area contributed by atoms with Crippen LogP contribution >= 0.6 is 0 Å². The second-order valence-corrected chi connectivity index (χ2v) is 13.2. The molecule has 1 aliphatic carbocycles. The first-order chi connectivity index (χ1) is 27.6. The van der Waals surface area contributed by atoms with Crippen LogP contribution in [0.3, 0.4) is 0 Å². The molecule has 0 fully saturated rings. The molecule has 0 spiro atoms. The van der Waals surface area contributed by atoms with E-state index in [1.54, 1.807) is 0 Å².